The first-order chi connectivity index (χ1) is 27.2. The minimum absolute atomic E-state index is 0.593. The molecule has 0 N–H and O–H groups in total. The van der Waals surface area contributed by atoms with E-state index in [4.69, 9.17) is 18.8 Å². The Morgan fingerprint density at radius 1 is 0.345 bits per heavy atom. The van der Waals surface area contributed by atoms with Gasteiger partial charge in [0.1, 0.15) is 11.0 Å². The highest BCUT2D eigenvalue weighted by molar-refractivity contribution is 6.12. The first-order valence-electron chi connectivity index (χ1n) is 18.5. The van der Waals surface area contributed by atoms with Crippen molar-refractivity contribution in [3.63, 3.8) is 0 Å². The van der Waals surface area contributed by atoms with Crippen LogP contribution < -0.4 is 0 Å². The van der Waals surface area contributed by atoms with Crippen molar-refractivity contribution in [2.75, 3.05) is 0 Å². The van der Waals surface area contributed by atoms with Crippen LogP contribution in [0.4, 0.5) is 0 Å². The van der Waals surface area contributed by atoms with Crippen LogP contribution in [0.3, 0.4) is 0 Å². The maximum Gasteiger partial charge on any atom is 0.227 e. The quantitative estimate of drug-likeness (QED) is 0.183. The molecule has 0 radical (unpaired) electrons. The summed E-state index contributed by atoms with van der Waals surface area (Å²) in [5, 5.41) is 9.01. The van der Waals surface area contributed by atoms with Gasteiger partial charge in [0, 0.05) is 38.4 Å². The molecule has 3 heterocycles. The summed E-state index contributed by atoms with van der Waals surface area (Å²) in [5.41, 5.74) is 10.7. The van der Waals surface area contributed by atoms with Gasteiger partial charge in [-0.25, -0.2) is 9.97 Å². The molecule has 0 aliphatic rings. The molecule has 0 unspecified atom stereocenters. The third-order valence-electron chi connectivity index (χ3n) is 11.0. The summed E-state index contributed by atoms with van der Waals surface area (Å²) in [6.45, 7) is 0. The van der Waals surface area contributed by atoms with Crippen molar-refractivity contribution in [2.24, 2.45) is 0 Å². The van der Waals surface area contributed by atoms with Crippen molar-refractivity contribution >= 4 is 76.3 Å². The van der Waals surface area contributed by atoms with Gasteiger partial charge in [-0.05, 0) is 99.4 Å². The Morgan fingerprint density at radius 2 is 0.818 bits per heavy atom. The second-order valence-corrected chi connectivity index (χ2v) is 14.2. The van der Waals surface area contributed by atoms with E-state index in [1.165, 1.54) is 21.9 Å². The van der Waals surface area contributed by atoms with Gasteiger partial charge in [0.15, 0.2) is 11.2 Å². The molecule has 0 amide bonds. The van der Waals surface area contributed by atoms with Crippen LogP contribution in [0.1, 0.15) is 0 Å². The maximum atomic E-state index is 6.52. The number of aromatic nitrogens is 3. The Bertz CT molecular complexity index is 3320. The molecule has 256 valence electrons. The molecule has 0 aliphatic heterocycles. The lowest BCUT2D eigenvalue weighted by Gasteiger charge is -2.10. The Hall–Kier alpha value is -7.50. The van der Waals surface area contributed by atoms with Crippen LogP contribution >= 0.6 is 0 Å². The maximum absolute atomic E-state index is 6.52. The summed E-state index contributed by atoms with van der Waals surface area (Å²) in [6.07, 6.45) is 0. The van der Waals surface area contributed by atoms with Gasteiger partial charge in [0.25, 0.3) is 0 Å². The van der Waals surface area contributed by atoms with Crippen molar-refractivity contribution in [1.29, 1.82) is 0 Å². The third-order valence-corrected chi connectivity index (χ3v) is 11.0. The first-order valence-corrected chi connectivity index (χ1v) is 18.5. The highest BCUT2D eigenvalue weighted by Gasteiger charge is 2.19. The molecule has 0 atom stereocenters. The zero-order valence-corrected chi connectivity index (χ0v) is 29.4. The van der Waals surface area contributed by atoms with Crippen molar-refractivity contribution < 1.29 is 8.83 Å². The van der Waals surface area contributed by atoms with E-state index in [0.29, 0.717) is 11.8 Å². The number of hydrogen-bond acceptors (Lipinski definition) is 4. The third kappa shape index (κ3) is 4.66. The van der Waals surface area contributed by atoms with Crippen LogP contribution in [-0.4, -0.2) is 14.5 Å². The molecule has 55 heavy (non-hydrogen) atoms. The molecular weight excluding hydrogens is 675 g/mol. The Kier molecular flexibility index (Phi) is 6.27. The molecule has 9 aromatic carbocycles. The first kappa shape index (κ1) is 30.0. The molecular formula is C50H29N3O2. The van der Waals surface area contributed by atoms with Crippen LogP contribution in [0.2, 0.25) is 0 Å². The molecule has 0 aliphatic carbocycles. The fraction of sp³-hybridized carbons (Fsp3) is 0. The van der Waals surface area contributed by atoms with Gasteiger partial charge < -0.3 is 13.4 Å². The lowest BCUT2D eigenvalue weighted by atomic mass is 10.0. The Balaban J connectivity index is 1.04. The summed E-state index contributed by atoms with van der Waals surface area (Å²) in [4.78, 5) is 9.92. The van der Waals surface area contributed by atoms with E-state index in [1.54, 1.807) is 0 Å². The van der Waals surface area contributed by atoms with Gasteiger partial charge >= 0.3 is 0 Å². The standard InChI is InChI=1S/C50H29N3O2/c1-2-10-34-27-35(14-13-30(34)7-1)31-15-21-38(22-16-31)53-45-25-19-36(49-51-43-23-17-32-8-3-5-11-39(32)47(43)54-49)28-41(45)42-29-37(20-26-46(42)53)50-52-44-24-18-33-9-4-6-12-40(33)48(44)55-50/h1-29H. The minimum Gasteiger partial charge on any atom is -0.435 e. The average Bonchev–Trinajstić information content (AvgIpc) is 3.98. The normalized spacial score (nSPS) is 12.0. The second-order valence-electron chi connectivity index (χ2n) is 14.2. The molecule has 12 rings (SSSR count). The van der Waals surface area contributed by atoms with Crippen molar-refractivity contribution in [3.05, 3.63) is 176 Å². The molecule has 0 saturated carbocycles. The van der Waals surface area contributed by atoms with E-state index >= 15 is 0 Å². The van der Waals surface area contributed by atoms with E-state index in [0.717, 1.165) is 82.4 Å². The van der Waals surface area contributed by atoms with Crippen LogP contribution in [0.15, 0.2) is 185 Å². The van der Waals surface area contributed by atoms with Crippen LogP contribution in [0, 0.1) is 0 Å². The Morgan fingerprint density at radius 3 is 1.40 bits per heavy atom. The van der Waals surface area contributed by atoms with Crippen molar-refractivity contribution in [3.8, 4) is 39.7 Å². The Labute approximate surface area is 314 Å². The molecule has 0 saturated heterocycles. The van der Waals surface area contributed by atoms with Gasteiger partial charge in [-0.1, -0.05) is 109 Å². The molecule has 5 heteroatoms. The zero-order valence-electron chi connectivity index (χ0n) is 29.4. The van der Waals surface area contributed by atoms with Gasteiger partial charge in [-0.15, -0.1) is 0 Å². The highest BCUT2D eigenvalue weighted by Crippen LogP contribution is 2.39. The van der Waals surface area contributed by atoms with Crippen molar-refractivity contribution in [2.45, 2.75) is 0 Å². The predicted molar refractivity (Wildman–Crippen MR) is 225 cm³/mol. The fourth-order valence-corrected chi connectivity index (χ4v) is 8.30. The minimum atomic E-state index is 0.593. The predicted octanol–water partition coefficient (Wildman–Crippen LogP) is 13.5. The number of fused-ring (bicyclic) bond motifs is 10. The SMILES string of the molecule is c1ccc2cc(-c3ccc(-n4c5ccc(-c6nc7ccc8ccccc8c7o6)cc5c5cc(-c6nc7ccc8ccccc8c7o6)ccc54)cc3)ccc2c1. The highest BCUT2D eigenvalue weighted by atomic mass is 16.4. The molecule has 3 aromatic heterocycles. The van der Waals surface area contributed by atoms with Crippen LogP contribution in [0.25, 0.3) is 116 Å². The van der Waals surface area contributed by atoms with Crippen molar-refractivity contribution in [1.82, 2.24) is 14.5 Å². The van der Waals surface area contributed by atoms with Gasteiger partial charge in [-0.2, -0.15) is 0 Å². The summed E-state index contributed by atoms with van der Waals surface area (Å²) in [5.74, 6) is 1.19. The van der Waals surface area contributed by atoms with Gasteiger partial charge in [-0.3, -0.25) is 0 Å². The lowest BCUT2D eigenvalue weighted by Crippen LogP contribution is -1.94. The van der Waals surface area contributed by atoms with E-state index in [-0.39, 0.29) is 0 Å². The van der Waals surface area contributed by atoms with Gasteiger partial charge in [0.2, 0.25) is 11.8 Å². The van der Waals surface area contributed by atoms with Crippen LogP contribution in [-0.2, 0) is 0 Å². The monoisotopic (exact) mass is 703 g/mol. The van der Waals surface area contributed by atoms with E-state index in [1.807, 2.05) is 36.4 Å². The number of rotatable bonds is 4. The lowest BCUT2D eigenvalue weighted by molar-refractivity contribution is 0.622. The second kappa shape index (κ2) is 11.5. The number of benzene rings is 9. The molecule has 12 aromatic rings. The summed E-state index contributed by atoms with van der Waals surface area (Å²) >= 11 is 0. The van der Waals surface area contributed by atoms with E-state index in [9.17, 15) is 0 Å². The number of oxazole rings is 2. The molecule has 0 spiro atoms. The fourth-order valence-electron chi connectivity index (χ4n) is 8.30. The molecule has 0 bridgehead atoms. The summed E-state index contributed by atoms with van der Waals surface area (Å²) in [7, 11) is 0. The van der Waals surface area contributed by atoms with E-state index < -0.39 is 0 Å². The number of hydrogen-bond donors (Lipinski definition) is 0. The average molecular weight is 704 g/mol. The summed E-state index contributed by atoms with van der Waals surface area (Å²) in [6, 6.07) is 61.8. The van der Waals surface area contributed by atoms with Gasteiger partial charge in [0.05, 0.1) is 11.0 Å². The van der Waals surface area contributed by atoms with E-state index in [2.05, 4.69) is 144 Å². The molecule has 5 nitrogen and oxygen atoms in total. The molecule has 0 fully saturated rings. The topological polar surface area (TPSA) is 57.0 Å². The smallest absolute Gasteiger partial charge is 0.227 e. The summed E-state index contributed by atoms with van der Waals surface area (Å²) < 4.78 is 15.4. The number of nitrogens with zero attached hydrogens (tertiary/aromatic N) is 3. The zero-order chi connectivity index (χ0) is 36.0. The largest absolute Gasteiger partial charge is 0.435 e. The van der Waals surface area contributed by atoms with Crippen LogP contribution in [0.5, 0.6) is 0 Å².